The molecule has 0 saturated carbocycles. The first-order valence-corrected chi connectivity index (χ1v) is 6.95. The third kappa shape index (κ3) is 6.79. The Hall–Kier alpha value is -2.04. The molecule has 1 atom stereocenters. The van der Waals surface area contributed by atoms with E-state index in [4.69, 9.17) is 9.84 Å². The number of carbonyl (C=O) groups excluding carboxylic acids is 1. The van der Waals surface area contributed by atoms with Crippen LogP contribution in [0.25, 0.3) is 0 Å². The van der Waals surface area contributed by atoms with Gasteiger partial charge in [0.25, 0.3) is 0 Å². The molecule has 0 heterocycles. The van der Waals surface area contributed by atoms with Crippen LogP contribution in [0.4, 0.5) is 4.79 Å². The zero-order valence-corrected chi connectivity index (χ0v) is 13.0. The lowest BCUT2D eigenvalue weighted by Crippen LogP contribution is -2.35. The van der Waals surface area contributed by atoms with E-state index in [9.17, 15) is 9.59 Å². The SMILES string of the molecule is Cc1ccc([C@H](CCC(=O)O)NC(=O)OC(C)(C)C)cc1. The molecule has 0 spiro atoms. The fraction of sp³-hybridized carbons (Fsp3) is 0.500. The molecule has 1 aromatic rings. The molecule has 5 nitrogen and oxygen atoms in total. The summed E-state index contributed by atoms with van der Waals surface area (Å²) in [5.74, 6) is -0.891. The first-order chi connectivity index (χ1) is 9.67. The number of carboxylic acid groups (broad SMARTS) is 1. The summed E-state index contributed by atoms with van der Waals surface area (Å²) in [7, 11) is 0. The van der Waals surface area contributed by atoms with E-state index in [2.05, 4.69) is 5.32 Å². The minimum Gasteiger partial charge on any atom is -0.481 e. The van der Waals surface area contributed by atoms with Crippen molar-refractivity contribution < 1.29 is 19.4 Å². The van der Waals surface area contributed by atoms with Crippen LogP contribution in [-0.2, 0) is 9.53 Å². The maximum absolute atomic E-state index is 11.9. The van der Waals surface area contributed by atoms with E-state index in [0.29, 0.717) is 6.42 Å². The third-order valence-corrected chi connectivity index (χ3v) is 2.82. The minimum absolute atomic E-state index is 0.0195. The summed E-state index contributed by atoms with van der Waals surface area (Å²) in [5, 5.41) is 11.6. The number of aryl methyl sites for hydroxylation is 1. The highest BCUT2D eigenvalue weighted by atomic mass is 16.6. The number of aliphatic carboxylic acids is 1. The van der Waals surface area contributed by atoms with Gasteiger partial charge in [-0.05, 0) is 39.7 Å². The molecule has 21 heavy (non-hydrogen) atoms. The van der Waals surface area contributed by atoms with E-state index >= 15 is 0 Å². The molecule has 1 aromatic carbocycles. The Morgan fingerprint density at radius 1 is 1.24 bits per heavy atom. The van der Waals surface area contributed by atoms with Crippen LogP contribution in [-0.4, -0.2) is 22.8 Å². The van der Waals surface area contributed by atoms with Gasteiger partial charge in [-0.1, -0.05) is 29.8 Å². The number of alkyl carbamates (subject to hydrolysis) is 1. The lowest BCUT2D eigenvalue weighted by atomic mass is 10.0. The second-order valence-corrected chi connectivity index (χ2v) is 6.04. The molecule has 116 valence electrons. The summed E-state index contributed by atoms with van der Waals surface area (Å²) < 4.78 is 5.22. The summed E-state index contributed by atoms with van der Waals surface area (Å²) in [6.45, 7) is 7.32. The summed E-state index contributed by atoms with van der Waals surface area (Å²) >= 11 is 0. The second kappa shape index (κ2) is 7.11. The van der Waals surface area contributed by atoms with Crippen LogP contribution in [0.2, 0.25) is 0 Å². The Labute approximate surface area is 125 Å². The van der Waals surface area contributed by atoms with Crippen LogP contribution in [0, 0.1) is 6.92 Å². The van der Waals surface area contributed by atoms with Gasteiger partial charge in [0.05, 0.1) is 6.04 Å². The van der Waals surface area contributed by atoms with Gasteiger partial charge in [0.15, 0.2) is 0 Å². The fourth-order valence-electron chi connectivity index (χ4n) is 1.84. The molecule has 1 amide bonds. The molecule has 0 aliphatic carbocycles. The van der Waals surface area contributed by atoms with E-state index in [0.717, 1.165) is 11.1 Å². The molecular formula is C16H23NO4. The first-order valence-electron chi connectivity index (χ1n) is 6.95. The minimum atomic E-state index is -0.891. The second-order valence-electron chi connectivity index (χ2n) is 6.04. The van der Waals surface area contributed by atoms with E-state index < -0.39 is 17.7 Å². The number of hydrogen-bond acceptors (Lipinski definition) is 3. The number of hydrogen-bond donors (Lipinski definition) is 2. The van der Waals surface area contributed by atoms with Crippen LogP contribution >= 0.6 is 0 Å². The van der Waals surface area contributed by atoms with Gasteiger partial charge in [-0.2, -0.15) is 0 Å². The number of nitrogens with one attached hydrogen (secondary N) is 1. The van der Waals surface area contributed by atoms with Gasteiger partial charge in [-0.3, -0.25) is 4.79 Å². The number of carboxylic acids is 1. The maximum Gasteiger partial charge on any atom is 0.408 e. The lowest BCUT2D eigenvalue weighted by Gasteiger charge is -2.23. The van der Waals surface area contributed by atoms with Gasteiger partial charge in [0.2, 0.25) is 0 Å². The highest BCUT2D eigenvalue weighted by Crippen LogP contribution is 2.20. The molecule has 0 saturated heterocycles. The van der Waals surface area contributed by atoms with Gasteiger partial charge >= 0.3 is 12.1 Å². The molecule has 0 aromatic heterocycles. The summed E-state index contributed by atoms with van der Waals surface area (Å²) in [6.07, 6.45) is -0.245. The van der Waals surface area contributed by atoms with Gasteiger partial charge in [0, 0.05) is 6.42 Å². The lowest BCUT2D eigenvalue weighted by molar-refractivity contribution is -0.137. The number of ether oxygens (including phenoxy) is 1. The van der Waals surface area contributed by atoms with Crippen molar-refractivity contribution in [1.29, 1.82) is 0 Å². The van der Waals surface area contributed by atoms with Crippen LogP contribution in [0.15, 0.2) is 24.3 Å². The summed E-state index contributed by atoms with van der Waals surface area (Å²) in [6, 6.07) is 7.26. The number of benzene rings is 1. The topological polar surface area (TPSA) is 75.6 Å². The zero-order valence-electron chi connectivity index (χ0n) is 13.0. The first kappa shape index (κ1) is 17.0. The monoisotopic (exact) mass is 293 g/mol. The Morgan fingerprint density at radius 3 is 2.29 bits per heavy atom. The number of amides is 1. The van der Waals surface area contributed by atoms with Crippen LogP contribution in [0.5, 0.6) is 0 Å². The van der Waals surface area contributed by atoms with Crippen molar-refractivity contribution in [3.8, 4) is 0 Å². The molecule has 0 unspecified atom stereocenters. The highest BCUT2D eigenvalue weighted by Gasteiger charge is 2.21. The Bertz CT molecular complexity index is 488. The average molecular weight is 293 g/mol. The number of carbonyl (C=O) groups is 2. The van der Waals surface area contributed by atoms with Crippen molar-refractivity contribution in [2.45, 2.75) is 52.2 Å². The third-order valence-electron chi connectivity index (χ3n) is 2.82. The van der Waals surface area contributed by atoms with Crippen molar-refractivity contribution in [1.82, 2.24) is 5.32 Å². The molecule has 5 heteroatoms. The predicted octanol–water partition coefficient (Wildman–Crippen LogP) is 3.43. The van der Waals surface area contributed by atoms with Crippen molar-refractivity contribution in [2.24, 2.45) is 0 Å². The Kier molecular flexibility index (Phi) is 5.76. The van der Waals surface area contributed by atoms with E-state index in [1.807, 2.05) is 31.2 Å². The molecule has 2 N–H and O–H groups in total. The largest absolute Gasteiger partial charge is 0.481 e. The van der Waals surface area contributed by atoms with Gasteiger partial charge in [0.1, 0.15) is 5.60 Å². The highest BCUT2D eigenvalue weighted by molar-refractivity contribution is 5.69. The predicted molar refractivity (Wildman–Crippen MR) is 80.2 cm³/mol. The van der Waals surface area contributed by atoms with Crippen LogP contribution < -0.4 is 5.32 Å². The standard InChI is InChI=1S/C16H23NO4/c1-11-5-7-12(8-6-11)13(9-10-14(18)19)17-15(20)21-16(2,3)4/h5-8,13H,9-10H2,1-4H3,(H,17,20)(H,18,19)/t13-/m0/s1. The summed E-state index contributed by atoms with van der Waals surface area (Å²) in [4.78, 5) is 22.6. The van der Waals surface area contributed by atoms with Crippen molar-refractivity contribution >= 4 is 12.1 Å². The average Bonchev–Trinajstić information content (AvgIpc) is 2.33. The molecule has 0 fully saturated rings. The summed E-state index contributed by atoms with van der Waals surface area (Å²) in [5.41, 5.74) is 1.38. The molecule has 0 radical (unpaired) electrons. The van der Waals surface area contributed by atoms with E-state index in [1.165, 1.54) is 0 Å². The van der Waals surface area contributed by atoms with Crippen molar-refractivity contribution in [3.05, 3.63) is 35.4 Å². The zero-order chi connectivity index (χ0) is 16.0. The van der Waals surface area contributed by atoms with E-state index in [-0.39, 0.29) is 12.5 Å². The van der Waals surface area contributed by atoms with Gasteiger partial charge in [-0.25, -0.2) is 4.79 Å². The van der Waals surface area contributed by atoms with Gasteiger partial charge < -0.3 is 15.2 Å². The molecule has 1 rings (SSSR count). The molecule has 0 bridgehead atoms. The fourth-order valence-corrected chi connectivity index (χ4v) is 1.84. The van der Waals surface area contributed by atoms with Crippen molar-refractivity contribution in [3.63, 3.8) is 0 Å². The van der Waals surface area contributed by atoms with Gasteiger partial charge in [-0.15, -0.1) is 0 Å². The van der Waals surface area contributed by atoms with Crippen LogP contribution in [0.1, 0.15) is 50.8 Å². The van der Waals surface area contributed by atoms with Crippen molar-refractivity contribution in [2.75, 3.05) is 0 Å². The van der Waals surface area contributed by atoms with E-state index in [1.54, 1.807) is 20.8 Å². The Morgan fingerprint density at radius 2 is 1.81 bits per heavy atom. The smallest absolute Gasteiger partial charge is 0.408 e. The molecular weight excluding hydrogens is 270 g/mol. The maximum atomic E-state index is 11.9. The normalized spacial score (nSPS) is 12.6. The number of rotatable bonds is 5. The van der Waals surface area contributed by atoms with Crippen LogP contribution in [0.3, 0.4) is 0 Å². The molecule has 0 aliphatic heterocycles. The Balaban J connectivity index is 2.79. The quantitative estimate of drug-likeness (QED) is 0.872. The molecule has 0 aliphatic rings.